The monoisotopic (exact) mass is 631 g/mol. The minimum Gasteiger partial charge on any atom is -0.486 e. The Hall–Kier alpha value is -4.80. The van der Waals surface area contributed by atoms with Crippen molar-refractivity contribution in [1.82, 2.24) is 5.32 Å². The van der Waals surface area contributed by atoms with Gasteiger partial charge in [0.25, 0.3) is 11.8 Å². The Labute approximate surface area is 262 Å². The molecule has 4 aromatic rings. The lowest BCUT2D eigenvalue weighted by molar-refractivity contribution is -0.115. The van der Waals surface area contributed by atoms with Crippen LogP contribution in [0, 0.1) is 5.82 Å². The highest BCUT2D eigenvalue weighted by Gasteiger charge is 2.19. The van der Waals surface area contributed by atoms with E-state index in [-0.39, 0.29) is 22.2 Å². The van der Waals surface area contributed by atoms with Gasteiger partial charge >= 0.3 is 0 Å². The Balaban J connectivity index is 1.25. The highest BCUT2D eigenvalue weighted by Crippen LogP contribution is 2.33. The maximum absolute atomic E-state index is 14.5. The molecule has 0 saturated heterocycles. The molecule has 3 amide bonds. The van der Waals surface area contributed by atoms with E-state index in [2.05, 4.69) is 16.0 Å². The molecule has 5 rings (SSSR count). The Morgan fingerprint density at radius 1 is 0.864 bits per heavy atom. The predicted molar refractivity (Wildman–Crippen MR) is 170 cm³/mol. The van der Waals surface area contributed by atoms with Crippen molar-refractivity contribution in [2.75, 3.05) is 23.8 Å². The lowest BCUT2D eigenvalue weighted by Crippen LogP contribution is -2.30. The van der Waals surface area contributed by atoms with E-state index in [0.717, 1.165) is 4.90 Å². The van der Waals surface area contributed by atoms with Crippen molar-refractivity contribution in [3.63, 3.8) is 0 Å². The van der Waals surface area contributed by atoms with E-state index in [1.54, 1.807) is 79.7 Å². The molecule has 0 aromatic heterocycles. The summed E-state index contributed by atoms with van der Waals surface area (Å²) in [7, 11) is 0. The van der Waals surface area contributed by atoms with Crippen molar-refractivity contribution in [1.29, 1.82) is 0 Å². The van der Waals surface area contributed by atoms with Crippen LogP contribution in [0.15, 0.2) is 102 Å². The fraction of sp³-hybridized carbons (Fsp3) is 0.121. The van der Waals surface area contributed by atoms with Crippen molar-refractivity contribution in [2.45, 2.75) is 17.1 Å². The van der Waals surface area contributed by atoms with Crippen LogP contribution in [-0.2, 0) is 9.59 Å². The van der Waals surface area contributed by atoms with E-state index in [0.29, 0.717) is 41.7 Å². The second kappa shape index (κ2) is 14.1. The number of ether oxygens (including phenoxy) is 2. The first kappa shape index (κ1) is 30.7. The van der Waals surface area contributed by atoms with Crippen LogP contribution >= 0.6 is 23.4 Å². The third kappa shape index (κ3) is 7.77. The molecular formula is C33H27ClFN3O5S. The number of benzene rings is 4. The minimum absolute atomic E-state index is 0.0389. The third-order valence-corrected chi connectivity index (χ3v) is 7.86. The smallest absolute Gasteiger partial charge is 0.272 e. The van der Waals surface area contributed by atoms with Crippen molar-refractivity contribution in [3.8, 4) is 11.5 Å². The van der Waals surface area contributed by atoms with Crippen molar-refractivity contribution in [2.24, 2.45) is 0 Å². The van der Waals surface area contributed by atoms with Gasteiger partial charge in [0.05, 0.1) is 10.3 Å². The largest absolute Gasteiger partial charge is 0.486 e. The number of hydrogen-bond donors (Lipinski definition) is 3. The molecule has 224 valence electrons. The van der Waals surface area contributed by atoms with Gasteiger partial charge in [0, 0.05) is 33.5 Å². The SMILES string of the molecule is CC(Sc1ccc(NC(=O)/C(=C/c2c(F)cccc2Cl)NC(=O)c2ccccc2)cc1)C(=O)Nc1ccc2c(c1)OCCO2. The van der Waals surface area contributed by atoms with E-state index in [9.17, 15) is 18.8 Å². The summed E-state index contributed by atoms with van der Waals surface area (Å²) in [6.45, 7) is 2.72. The molecule has 0 fully saturated rings. The second-order valence-electron chi connectivity index (χ2n) is 9.60. The Morgan fingerprint density at radius 3 is 2.30 bits per heavy atom. The molecule has 0 spiro atoms. The van der Waals surface area contributed by atoms with Gasteiger partial charge in [0.1, 0.15) is 24.7 Å². The number of amides is 3. The molecular weight excluding hydrogens is 605 g/mol. The molecule has 1 heterocycles. The van der Waals surface area contributed by atoms with Crippen LogP contribution in [-0.4, -0.2) is 36.2 Å². The Morgan fingerprint density at radius 2 is 1.57 bits per heavy atom. The van der Waals surface area contributed by atoms with Crippen LogP contribution in [0.4, 0.5) is 15.8 Å². The number of halogens is 2. The maximum Gasteiger partial charge on any atom is 0.272 e. The first-order valence-electron chi connectivity index (χ1n) is 13.6. The van der Waals surface area contributed by atoms with Gasteiger partial charge in [-0.3, -0.25) is 14.4 Å². The molecule has 0 aliphatic carbocycles. The number of hydrogen-bond acceptors (Lipinski definition) is 6. The van der Waals surface area contributed by atoms with Crippen LogP contribution in [0.1, 0.15) is 22.8 Å². The zero-order valence-corrected chi connectivity index (χ0v) is 25.0. The number of fused-ring (bicyclic) bond motifs is 1. The minimum atomic E-state index is -0.679. The van der Waals surface area contributed by atoms with Gasteiger partial charge in [0.15, 0.2) is 11.5 Å². The van der Waals surface area contributed by atoms with E-state index < -0.39 is 22.9 Å². The zero-order chi connectivity index (χ0) is 31.1. The van der Waals surface area contributed by atoms with Crippen molar-refractivity contribution < 1.29 is 28.2 Å². The first-order valence-corrected chi connectivity index (χ1v) is 14.8. The van der Waals surface area contributed by atoms with Crippen molar-refractivity contribution >= 4 is 58.5 Å². The van der Waals surface area contributed by atoms with Crippen LogP contribution in [0.2, 0.25) is 5.02 Å². The van der Waals surface area contributed by atoms with Crippen LogP contribution in [0.25, 0.3) is 6.08 Å². The number of anilines is 2. The van der Waals surface area contributed by atoms with Crippen LogP contribution < -0.4 is 25.4 Å². The van der Waals surface area contributed by atoms with Gasteiger partial charge in [-0.25, -0.2) is 4.39 Å². The summed E-state index contributed by atoms with van der Waals surface area (Å²) in [5.41, 5.74) is 1.10. The van der Waals surface area contributed by atoms with Crippen LogP contribution in [0.5, 0.6) is 11.5 Å². The molecule has 1 aliphatic rings. The van der Waals surface area contributed by atoms with Gasteiger partial charge in [-0.1, -0.05) is 35.9 Å². The molecule has 1 unspecified atom stereocenters. The fourth-order valence-electron chi connectivity index (χ4n) is 4.17. The Bertz CT molecular complexity index is 1700. The maximum atomic E-state index is 14.5. The van der Waals surface area contributed by atoms with Gasteiger partial charge in [-0.05, 0) is 73.7 Å². The molecule has 0 saturated carbocycles. The van der Waals surface area contributed by atoms with Gasteiger partial charge in [-0.15, -0.1) is 11.8 Å². The molecule has 0 radical (unpaired) electrons. The van der Waals surface area contributed by atoms with Gasteiger partial charge < -0.3 is 25.4 Å². The zero-order valence-electron chi connectivity index (χ0n) is 23.4. The summed E-state index contributed by atoms with van der Waals surface area (Å²) >= 11 is 7.52. The number of carbonyl (C=O) groups is 3. The molecule has 8 nitrogen and oxygen atoms in total. The lowest BCUT2D eigenvalue weighted by atomic mass is 10.1. The van der Waals surface area contributed by atoms with Gasteiger partial charge in [0.2, 0.25) is 5.91 Å². The molecule has 3 N–H and O–H groups in total. The number of rotatable bonds is 9. The standard InChI is InChI=1S/C33H27ClFN3O5S/c1-20(31(39)37-23-12-15-29-30(18-23)43-17-16-42-29)44-24-13-10-22(11-14-24)36-33(41)28(19-25-26(34)8-5-9-27(25)35)38-32(40)21-6-3-2-4-7-21/h2-15,18-20H,16-17H2,1H3,(H,36,41)(H,37,39)(H,38,40)/b28-19-. The van der Waals surface area contributed by atoms with E-state index in [1.165, 1.54) is 36.0 Å². The van der Waals surface area contributed by atoms with E-state index in [4.69, 9.17) is 21.1 Å². The van der Waals surface area contributed by atoms with Gasteiger partial charge in [-0.2, -0.15) is 0 Å². The summed E-state index contributed by atoms with van der Waals surface area (Å²) in [6.07, 6.45) is 1.19. The number of thioether (sulfide) groups is 1. The normalized spacial score (nSPS) is 13.0. The van der Waals surface area contributed by atoms with Crippen LogP contribution in [0.3, 0.4) is 0 Å². The summed E-state index contributed by atoms with van der Waals surface area (Å²) < 4.78 is 25.6. The fourth-order valence-corrected chi connectivity index (χ4v) is 5.26. The predicted octanol–water partition coefficient (Wildman–Crippen LogP) is 6.78. The molecule has 44 heavy (non-hydrogen) atoms. The van der Waals surface area contributed by atoms with Crippen molar-refractivity contribution in [3.05, 3.63) is 119 Å². The summed E-state index contributed by atoms with van der Waals surface area (Å²) in [5, 5.41) is 7.82. The molecule has 1 aliphatic heterocycles. The molecule has 11 heteroatoms. The quantitative estimate of drug-likeness (QED) is 0.139. The average Bonchev–Trinajstić information content (AvgIpc) is 3.03. The molecule has 1 atom stereocenters. The summed E-state index contributed by atoms with van der Waals surface area (Å²) in [4.78, 5) is 39.7. The highest BCUT2D eigenvalue weighted by molar-refractivity contribution is 8.00. The third-order valence-electron chi connectivity index (χ3n) is 6.42. The highest BCUT2D eigenvalue weighted by atomic mass is 35.5. The van der Waals surface area contributed by atoms with E-state index >= 15 is 0 Å². The average molecular weight is 632 g/mol. The summed E-state index contributed by atoms with van der Waals surface area (Å²) in [6, 6.07) is 24.5. The Kier molecular flexibility index (Phi) is 9.83. The first-order chi connectivity index (χ1) is 21.3. The molecule has 0 bridgehead atoms. The van der Waals surface area contributed by atoms with E-state index in [1.807, 2.05) is 0 Å². The second-order valence-corrected chi connectivity index (χ2v) is 11.4. The topological polar surface area (TPSA) is 106 Å². The lowest BCUT2D eigenvalue weighted by Gasteiger charge is -2.19. The number of nitrogens with one attached hydrogen (secondary N) is 3. The molecule has 4 aromatic carbocycles. The summed E-state index contributed by atoms with van der Waals surface area (Å²) in [5.74, 6) is -0.844. The number of carbonyl (C=O) groups excluding carboxylic acids is 3.